The van der Waals surface area contributed by atoms with Gasteiger partial charge in [0.1, 0.15) is 36.6 Å². The lowest BCUT2D eigenvalue weighted by Crippen LogP contribution is -2.48. The summed E-state index contributed by atoms with van der Waals surface area (Å²) in [4.78, 5) is 36.7. The molecule has 0 saturated heterocycles. The van der Waals surface area contributed by atoms with Crippen molar-refractivity contribution in [1.82, 2.24) is 0 Å². The third-order valence-corrected chi connectivity index (χ3v) is 7.84. The van der Waals surface area contributed by atoms with E-state index in [1.807, 2.05) is 0 Å². The van der Waals surface area contributed by atoms with Gasteiger partial charge in [0.25, 0.3) is 0 Å². The number of benzene rings is 2. The van der Waals surface area contributed by atoms with Gasteiger partial charge in [-0.15, -0.1) is 0 Å². The number of guanidine groups is 4. The van der Waals surface area contributed by atoms with Crippen LogP contribution in [0.3, 0.4) is 0 Å². The Bertz CT molecular complexity index is 1610. The molecule has 0 unspecified atom stereocenters. The summed E-state index contributed by atoms with van der Waals surface area (Å²) in [5, 5.41) is 119. The van der Waals surface area contributed by atoms with Gasteiger partial charge in [0.05, 0.1) is 13.2 Å². The molecule has 2 aromatic rings. The number of carboxylic acid groups (broad SMARTS) is 2. The Balaban J connectivity index is 0. The van der Waals surface area contributed by atoms with Crippen molar-refractivity contribution in [3.8, 4) is 0 Å². The standard InChI is InChI=1S/C22H30Cl2N10.2C6H12O7.C3H8O/c23-15-5-9-17(10-6-15)31-21(27)33-19(25)29-13-3-1-2-4-14-30-20(26)34-22(28)32-18-11-7-16(24)8-12-18;2*7-1-2(8)3(9)4(10)5(11)6(12)13;1-3(2)4/h5-12H,1-4,13-14H2,(H5,25,27,29,31,33)(H5,26,28,30,32,34);2*2-5,7-11H,1H2,(H,12,13);3-4H,1-2H3/t;2*2-,3-,4+,5-;/m.11./s1. The molecule has 0 aliphatic heterocycles. The highest BCUT2D eigenvalue weighted by atomic mass is 35.5. The second-order valence-corrected chi connectivity index (χ2v) is 14.1. The minimum absolute atomic E-state index is 0.124. The molecule has 0 heterocycles. The smallest absolute Gasteiger partial charge is 0.335 e. The average Bonchev–Trinajstić information content (AvgIpc) is 3.23. The fourth-order valence-electron chi connectivity index (χ4n) is 4.04. The molecule has 0 saturated carbocycles. The SMILES string of the molecule is CC(C)O.NC(=NCCCCCCN=C(N)/N=C(\N)Nc1ccc(Cl)cc1)/N=C(/N)Nc1ccc(Cl)cc1.O=C(O)[C@H](O)[C@@H](O)[C@H](O)[C@H](O)CO.O=C(O)[C@H](O)[C@@H](O)[C@H](O)[C@H](O)CO. The largest absolute Gasteiger partial charge is 0.479 e. The molecule has 0 fully saturated rings. The molecule has 0 aromatic heterocycles. The summed E-state index contributed by atoms with van der Waals surface area (Å²) in [5.74, 6) is -2.89. The average molecular weight is 958 g/mol. The van der Waals surface area contributed by atoms with Crippen molar-refractivity contribution >= 4 is 70.4 Å². The van der Waals surface area contributed by atoms with E-state index in [9.17, 15) is 9.59 Å². The van der Waals surface area contributed by atoms with Gasteiger partial charge in [-0.25, -0.2) is 9.59 Å². The van der Waals surface area contributed by atoms with Crippen LogP contribution in [0.25, 0.3) is 0 Å². The van der Waals surface area contributed by atoms with Crippen LogP contribution in [-0.4, -0.2) is 183 Å². The zero-order valence-corrected chi connectivity index (χ0v) is 36.5. The van der Waals surface area contributed by atoms with Crippen LogP contribution < -0.4 is 33.6 Å². The van der Waals surface area contributed by atoms with Crippen LogP contribution in [0.15, 0.2) is 68.5 Å². The highest BCUT2D eigenvalue weighted by Crippen LogP contribution is 2.14. The van der Waals surface area contributed by atoms with E-state index < -0.39 is 74.0 Å². The summed E-state index contributed by atoms with van der Waals surface area (Å²) < 4.78 is 0. The van der Waals surface area contributed by atoms with Crippen LogP contribution in [0.1, 0.15) is 39.5 Å². The summed E-state index contributed by atoms with van der Waals surface area (Å²) in [6.07, 6.45) is -12.2. The van der Waals surface area contributed by atoms with Crippen LogP contribution in [0, 0.1) is 0 Å². The van der Waals surface area contributed by atoms with Gasteiger partial charge in [-0.2, -0.15) is 9.98 Å². The normalized spacial score (nSPS) is 15.8. The van der Waals surface area contributed by atoms with Crippen molar-refractivity contribution in [2.24, 2.45) is 42.9 Å². The first-order chi connectivity index (χ1) is 29.9. The van der Waals surface area contributed by atoms with Crippen molar-refractivity contribution in [2.75, 3.05) is 36.9 Å². The van der Waals surface area contributed by atoms with Gasteiger partial charge in [-0.05, 0) is 75.2 Å². The molecule has 2 aromatic carbocycles. The number of nitrogens with zero attached hydrogens (tertiary/aromatic N) is 4. The number of anilines is 2. The summed E-state index contributed by atoms with van der Waals surface area (Å²) >= 11 is 11.7. The number of hydrogen-bond donors (Lipinski definition) is 19. The molecular weight excluding hydrogens is 895 g/mol. The van der Waals surface area contributed by atoms with Crippen molar-refractivity contribution < 1.29 is 76.0 Å². The fraction of sp³-hybridized carbons (Fsp3) is 0.514. The molecule has 0 aliphatic carbocycles. The van der Waals surface area contributed by atoms with E-state index >= 15 is 0 Å². The zero-order valence-electron chi connectivity index (χ0n) is 35.0. The lowest BCUT2D eigenvalue weighted by molar-refractivity contribution is -0.164. The van der Waals surface area contributed by atoms with E-state index in [4.69, 9.17) is 113 Å². The predicted octanol–water partition coefficient (Wildman–Crippen LogP) is -3.26. The van der Waals surface area contributed by atoms with E-state index in [-0.39, 0.29) is 29.9 Å². The third kappa shape index (κ3) is 29.4. The van der Waals surface area contributed by atoms with Crippen LogP contribution in [0.5, 0.6) is 0 Å². The third-order valence-electron chi connectivity index (χ3n) is 7.33. The predicted molar refractivity (Wildman–Crippen MR) is 240 cm³/mol. The highest BCUT2D eigenvalue weighted by Gasteiger charge is 2.34. The number of nitrogens with two attached hydrogens (primary N) is 4. The number of aliphatic hydroxyl groups is 11. The maximum absolute atomic E-state index is 10.1. The molecule has 8 atom stereocenters. The van der Waals surface area contributed by atoms with Crippen LogP contribution in [0.2, 0.25) is 10.0 Å². The summed E-state index contributed by atoms with van der Waals surface area (Å²) in [6, 6.07) is 14.1. The fourth-order valence-corrected chi connectivity index (χ4v) is 4.29. The van der Waals surface area contributed by atoms with Crippen molar-refractivity contribution in [3.63, 3.8) is 0 Å². The van der Waals surface area contributed by atoms with Crippen LogP contribution >= 0.6 is 23.2 Å². The first-order valence-corrected chi connectivity index (χ1v) is 19.8. The Hall–Kier alpha value is -5.00. The van der Waals surface area contributed by atoms with E-state index in [0.29, 0.717) is 23.1 Å². The van der Waals surface area contributed by atoms with Crippen molar-refractivity contribution in [2.45, 2.75) is 94.5 Å². The van der Waals surface area contributed by atoms with Crippen LogP contribution in [-0.2, 0) is 9.59 Å². The Kier molecular flexibility index (Phi) is 32.8. The highest BCUT2D eigenvalue weighted by molar-refractivity contribution is 6.31. The number of carbonyl (C=O) groups is 2. The first-order valence-electron chi connectivity index (χ1n) is 19.0. The zero-order chi connectivity index (χ0) is 49.5. The monoisotopic (exact) mass is 956 g/mol. The number of aliphatic imine (C=N–C) groups is 4. The van der Waals surface area contributed by atoms with Gasteiger partial charge >= 0.3 is 11.9 Å². The second kappa shape index (κ2) is 34.4. The topological polar surface area (TPSA) is 475 Å². The molecular formula is C37H62Cl2N10O15. The maximum Gasteiger partial charge on any atom is 0.335 e. The van der Waals surface area contributed by atoms with Gasteiger partial charge in [-0.3, -0.25) is 9.98 Å². The Morgan fingerprint density at radius 3 is 1.08 bits per heavy atom. The molecule has 25 nitrogen and oxygen atoms in total. The summed E-state index contributed by atoms with van der Waals surface area (Å²) in [7, 11) is 0. The quantitative estimate of drug-likeness (QED) is 0.0373. The number of nitrogens with one attached hydrogen (secondary N) is 2. The molecule has 0 radical (unpaired) electrons. The number of halogens is 2. The number of aliphatic hydroxyl groups excluding tert-OH is 11. The van der Waals surface area contributed by atoms with Crippen molar-refractivity contribution in [3.05, 3.63) is 58.6 Å². The second-order valence-electron chi connectivity index (χ2n) is 13.3. The number of carboxylic acids is 2. The molecule has 0 aliphatic rings. The first kappa shape index (κ1) is 61.1. The van der Waals surface area contributed by atoms with E-state index in [0.717, 1.165) is 37.1 Å². The number of hydrogen-bond acceptors (Lipinski definition) is 15. The number of unbranched alkanes of at least 4 members (excludes halogenated alkanes) is 3. The van der Waals surface area contributed by atoms with Crippen LogP contribution in [0.4, 0.5) is 11.4 Å². The van der Waals surface area contributed by atoms with E-state index in [1.165, 1.54) is 0 Å². The Morgan fingerprint density at radius 1 is 0.547 bits per heavy atom. The molecule has 2 rings (SSSR count). The summed E-state index contributed by atoms with van der Waals surface area (Å²) in [5.41, 5.74) is 24.8. The van der Waals surface area contributed by atoms with Gasteiger partial charge < -0.3 is 100.0 Å². The van der Waals surface area contributed by atoms with Gasteiger partial charge in [0.15, 0.2) is 12.2 Å². The minimum atomic E-state index is -2.20. The molecule has 364 valence electrons. The molecule has 0 bridgehead atoms. The Morgan fingerprint density at radius 2 is 0.828 bits per heavy atom. The lowest BCUT2D eigenvalue weighted by Gasteiger charge is -2.23. The lowest BCUT2D eigenvalue weighted by atomic mass is 10.0. The maximum atomic E-state index is 10.1. The molecule has 64 heavy (non-hydrogen) atoms. The van der Waals surface area contributed by atoms with Gasteiger partial charge in [0, 0.05) is 40.6 Å². The number of rotatable bonds is 19. The molecule has 0 amide bonds. The number of aliphatic carboxylic acids is 2. The Labute approximate surface area is 378 Å². The van der Waals surface area contributed by atoms with E-state index in [2.05, 4.69) is 30.6 Å². The van der Waals surface area contributed by atoms with Gasteiger partial charge in [0.2, 0.25) is 23.8 Å². The molecule has 0 spiro atoms. The molecule has 23 N–H and O–H groups in total. The van der Waals surface area contributed by atoms with E-state index in [1.54, 1.807) is 62.4 Å². The minimum Gasteiger partial charge on any atom is -0.479 e. The van der Waals surface area contributed by atoms with Crippen molar-refractivity contribution in [1.29, 1.82) is 0 Å². The molecule has 27 heteroatoms. The summed E-state index contributed by atoms with van der Waals surface area (Å²) in [6.45, 7) is 2.88. The van der Waals surface area contributed by atoms with Gasteiger partial charge in [-0.1, -0.05) is 36.0 Å².